The first-order chi connectivity index (χ1) is 6.77. The third-order valence-corrected chi connectivity index (χ3v) is 4.01. The van der Waals surface area contributed by atoms with Crippen LogP contribution >= 0.6 is 0 Å². The molecule has 1 aliphatic heterocycles. The standard InChI is InChI=1S/C12H21NO/c1-2-6-10-12(9-11(14)13-10)7-4-3-5-8-12/h10H,2-9H2,1H3,(H,13,14). The van der Waals surface area contributed by atoms with E-state index in [0.717, 1.165) is 6.42 Å². The molecule has 1 heterocycles. The first-order valence-corrected chi connectivity index (χ1v) is 6.06. The van der Waals surface area contributed by atoms with Crippen LogP contribution in [0.2, 0.25) is 0 Å². The molecule has 0 bridgehead atoms. The van der Waals surface area contributed by atoms with Crippen LogP contribution in [0.3, 0.4) is 0 Å². The van der Waals surface area contributed by atoms with Crippen molar-refractivity contribution in [3.63, 3.8) is 0 Å². The van der Waals surface area contributed by atoms with Gasteiger partial charge >= 0.3 is 0 Å². The first-order valence-electron chi connectivity index (χ1n) is 6.06. The third kappa shape index (κ3) is 1.67. The summed E-state index contributed by atoms with van der Waals surface area (Å²) < 4.78 is 0. The smallest absolute Gasteiger partial charge is 0.220 e. The SMILES string of the molecule is CCCC1NC(=O)CC12CCCCC2. The average molecular weight is 195 g/mol. The highest BCUT2D eigenvalue weighted by molar-refractivity contribution is 5.80. The minimum Gasteiger partial charge on any atom is -0.353 e. The second-order valence-corrected chi connectivity index (χ2v) is 5.01. The summed E-state index contributed by atoms with van der Waals surface area (Å²) in [6.45, 7) is 2.21. The van der Waals surface area contributed by atoms with Gasteiger partial charge in [0.05, 0.1) is 0 Å². The summed E-state index contributed by atoms with van der Waals surface area (Å²) >= 11 is 0. The summed E-state index contributed by atoms with van der Waals surface area (Å²) in [6, 6.07) is 0.486. The van der Waals surface area contributed by atoms with Gasteiger partial charge in [-0.25, -0.2) is 0 Å². The normalized spacial score (nSPS) is 30.6. The summed E-state index contributed by atoms with van der Waals surface area (Å²) in [7, 11) is 0. The molecule has 1 unspecified atom stereocenters. The number of amides is 1. The van der Waals surface area contributed by atoms with Crippen molar-refractivity contribution in [1.29, 1.82) is 0 Å². The zero-order chi connectivity index (χ0) is 10.0. The third-order valence-electron chi connectivity index (χ3n) is 4.01. The Kier molecular flexibility index (Phi) is 2.80. The molecule has 2 aliphatic rings. The lowest BCUT2D eigenvalue weighted by molar-refractivity contribution is -0.119. The number of hydrogen-bond acceptors (Lipinski definition) is 1. The summed E-state index contributed by atoms with van der Waals surface area (Å²) in [5, 5.41) is 3.18. The van der Waals surface area contributed by atoms with Gasteiger partial charge in [-0.15, -0.1) is 0 Å². The second-order valence-electron chi connectivity index (χ2n) is 5.01. The van der Waals surface area contributed by atoms with Crippen LogP contribution in [-0.2, 0) is 4.79 Å². The first kappa shape index (κ1) is 10.0. The summed E-state index contributed by atoms with van der Waals surface area (Å²) in [5.74, 6) is 0.297. The van der Waals surface area contributed by atoms with Crippen molar-refractivity contribution in [1.82, 2.24) is 5.32 Å². The van der Waals surface area contributed by atoms with Gasteiger partial charge in [0.1, 0.15) is 0 Å². The zero-order valence-corrected chi connectivity index (χ0v) is 9.14. The van der Waals surface area contributed by atoms with Gasteiger partial charge in [0.25, 0.3) is 0 Å². The molecule has 2 fully saturated rings. The Balaban J connectivity index is 2.09. The largest absolute Gasteiger partial charge is 0.353 e. The molecule has 1 saturated carbocycles. The quantitative estimate of drug-likeness (QED) is 0.721. The molecular formula is C12H21NO. The van der Waals surface area contributed by atoms with Gasteiger partial charge in [-0.3, -0.25) is 4.79 Å². The summed E-state index contributed by atoms with van der Waals surface area (Å²) in [6.07, 6.45) is 9.74. The maximum atomic E-state index is 11.5. The van der Waals surface area contributed by atoms with Crippen molar-refractivity contribution in [2.75, 3.05) is 0 Å². The fourth-order valence-electron chi connectivity index (χ4n) is 3.29. The molecule has 2 nitrogen and oxygen atoms in total. The lowest BCUT2D eigenvalue weighted by Gasteiger charge is -2.37. The average Bonchev–Trinajstić information content (AvgIpc) is 2.45. The highest BCUT2D eigenvalue weighted by atomic mass is 16.2. The zero-order valence-electron chi connectivity index (χ0n) is 9.14. The molecule has 1 spiro atoms. The maximum Gasteiger partial charge on any atom is 0.220 e. The van der Waals surface area contributed by atoms with Gasteiger partial charge in [0.2, 0.25) is 5.91 Å². The van der Waals surface area contributed by atoms with Crippen LogP contribution in [0.5, 0.6) is 0 Å². The van der Waals surface area contributed by atoms with Crippen LogP contribution in [0.1, 0.15) is 58.3 Å². The molecule has 1 atom stereocenters. The van der Waals surface area contributed by atoms with Gasteiger partial charge < -0.3 is 5.32 Å². The van der Waals surface area contributed by atoms with Crippen molar-refractivity contribution in [3.05, 3.63) is 0 Å². The van der Waals surface area contributed by atoms with Gasteiger partial charge in [-0.2, -0.15) is 0 Å². The molecule has 1 aliphatic carbocycles. The van der Waals surface area contributed by atoms with Gasteiger partial charge in [0.15, 0.2) is 0 Å². The Bertz CT molecular complexity index is 218. The van der Waals surface area contributed by atoms with Crippen LogP contribution < -0.4 is 5.32 Å². The van der Waals surface area contributed by atoms with Crippen molar-refractivity contribution in [3.8, 4) is 0 Å². The Morgan fingerprint density at radius 2 is 2.07 bits per heavy atom. The molecule has 0 aromatic carbocycles. The summed E-state index contributed by atoms with van der Waals surface area (Å²) in [4.78, 5) is 11.5. The monoisotopic (exact) mass is 195 g/mol. The van der Waals surface area contributed by atoms with Crippen LogP contribution in [0.4, 0.5) is 0 Å². The van der Waals surface area contributed by atoms with E-state index in [1.807, 2.05) is 0 Å². The van der Waals surface area contributed by atoms with Crippen molar-refractivity contribution in [2.45, 2.75) is 64.3 Å². The Morgan fingerprint density at radius 3 is 2.71 bits per heavy atom. The molecule has 14 heavy (non-hydrogen) atoms. The summed E-state index contributed by atoms with van der Waals surface area (Å²) in [5.41, 5.74) is 0.353. The predicted octanol–water partition coefficient (Wildman–Crippen LogP) is 2.63. The number of rotatable bonds is 2. The molecule has 1 N–H and O–H groups in total. The van der Waals surface area contributed by atoms with E-state index in [4.69, 9.17) is 0 Å². The van der Waals surface area contributed by atoms with Crippen LogP contribution in [-0.4, -0.2) is 11.9 Å². The van der Waals surface area contributed by atoms with Gasteiger partial charge in [-0.05, 0) is 24.7 Å². The predicted molar refractivity (Wildman–Crippen MR) is 57.0 cm³/mol. The molecule has 1 saturated heterocycles. The van der Waals surface area contributed by atoms with Crippen molar-refractivity contribution < 1.29 is 4.79 Å². The lowest BCUT2D eigenvalue weighted by Crippen LogP contribution is -2.38. The molecule has 0 aromatic rings. The van der Waals surface area contributed by atoms with Crippen molar-refractivity contribution in [2.24, 2.45) is 5.41 Å². The van der Waals surface area contributed by atoms with E-state index in [9.17, 15) is 4.79 Å². The maximum absolute atomic E-state index is 11.5. The van der Waals surface area contributed by atoms with Gasteiger partial charge in [0, 0.05) is 12.5 Å². The number of nitrogens with one attached hydrogen (secondary N) is 1. The minimum atomic E-state index is 0.297. The Labute approximate surface area is 86.5 Å². The topological polar surface area (TPSA) is 29.1 Å². The molecule has 2 rings (SSSR count). The van der Waals surface area contributed by atoms with Crippen molar-refractivity contribution >= 4 is 5.91 Å². The minimum absolute atomic E-state index is 0.297. The van der Waals surface area contributed by atoms with E-state index in [2.05, 4.69) is 12.2 Å². The van der Waals surface area contributed by atoms with E-state index >= 15 is 0 Å². The van der Waals surface area contributed by atoms with Crippen LogP contribution in [0, 0.1) is 5.41 Å². The Hall–Kier alpha value is -0.530. The highest BCUT2D eigenvalue weighted by Gasteiger charge is 2.46. The molecule has 0 radical (unpaired) electrons. The van der Waals surface area contributed by atoms with E-state index in [1.54, 1.807) is 0 Å². The molecule has 0 aromatic heterocycles. The van der Waals surface area contributed by atoms with E-state index in [-0.39, 0.29) is 0 Å². The number of carbonyl (C=O) groups is 1. The molecule has 1 amide bonds. The molecule has 80 valence electrons. The fraction of sp³-hybridized carbons (Fsp3) is 0.917. The fourth-order valence-corrected chi connectivity index (χ4v) is 3.29. The highest BCUT2D eigenvalue weighted by Crippen LogP contribution is 2.46. The molecule has 2 heteroatoms. The molecular weight excluding hydrogens is 174 g/mol. The van der Waals surface area contributed by atoms with E-state index in [1.165, 1.54) is 44.9 Å². The van der Waals surface area contributed by atoms with E-state index < -0.39 is 0 Å². The Morgan fingerprint density at radius 1 is 1.36 bits per heavy atom. The number of carbonyl (C=O) groups excluding carboxylic acids is 1. The van der Waals surface area contributed by atoms with Crippen LogP contribution in [0.25, 0.3) is 0 Å². The lowest BCUT2D eigenvalue weighted by atomic mass is 9.68. The second kappa shape index (κ2) is 3.92. The van der Waals surface area contributed by atoms with Crippen LogP contribution in [0.15, 0.2) is 0 Å². The van der Waals surface area contributed by atoms with Gasteiger partial charge in [-0.1, -0.05) is 32.6 Å². The van der Waals surface area contributed by atoms with E-state index in [0.29, 0.717) is 17.4 Å². The number of hydrogen-bond donors (Lipinski definition) is 1.